The number of hydrogen-bond donors (Lipinski definition) is 1. The molecule has 136 valence electrons. The number of nitrogens with zero attached hydrogens (tertiary/aromatic N) is 3. The average Bonchev–Trinajstić information content (AvgIpc) is 2.68. The van der Waals surface area contributed by atoms with Gasteiger partial charge in [-0.15, -0.1) is 0 Å². The van der Waals surface area contributed by atoms with Gasteiger partial charge in [0.2, 0.25) is 0 Å². The molecule has 25 heavy (non-hydrogen) atoms. The van der Waals surface area contributed by atoms with Crippen molar-refractivity contribution >= 4 is 17.3 Å². The Bertz CT molecular complexity index is 612. The third-order valence-corrected chi connectivity index (χ3v) is 5.11. The number of morpholine rings is 1. The fraction of sp³-hybridized carbons (Fsp3) is 0.611. The highest BCUT2D eigenvalue weighted by Crippen LogP contribution is 2.35. The van der Waals surface area contributed by atoms with Gasteiger partial charge in [0, 0.05) is 64.1 Å². The number of rotatable bonds is 4. The van der Waals surface area contributed by atoms with Crippen molar-refractivity contribution < 1.29 is 14.3 Å². The van der Waals surface area contributed by atoms with Gasteiger partial charge in [-0.05, 0) is 12.1 Å². The van der Waals surface area contributed by atoms with Gasteiger partial charge in [-0.1, -0.05) is 0 Å². The Balaban J connectivity index is 1.47. The number of anilines is 2. The first-order chi connectivity index (χ1) is 12.3. The van der Waals surface area contributed by atoms with Crippen LogP contribution in [0.4, 0.5) is 11.4 Å². The van der Waals surface area contributed by atoms with Gasteiger partial charge in [0.1, 0.15) is 5.75 Å². The summed E-state index contributed by atoms with van der Waals surface area (Å²) in [6, 6.07) is 6.21. The lowest BCUT2D eigenvalue weighted by atomic mass is 10.2. The van der Waals surface area contributed by atoms with E-state index in [2.05, 4.69) is 27.2 Å². The molecule has 1 aromatic rings. The quantitative estimate of drug-likeness (QED) is 0.838. The van der Waals surface area contributed by atoms with Gasteiger partial charge in [0.25, 0.3) is 5.91 Å². The summed E-state index contributed by atoms with van der Waals surface area (Å²) in [5.74, 6) is 0.855. The normalized spacial score (nSPS) is 21.8. The van der Waals surface area contributed by atoms with E-state index in [1.807, 2.05) is 11.0 Å². The minimum Gasteiger partial charge on any atom is -0.481 e. The highest BCUT2D eigenvalue weighted by molar-refractivity contribution is 5.98. The molecule has 1 N–H and O–H groups in total. The molecule has 0 bridgehead atoms. The third kappa shape index (κ3) is 3.73. The van der Waals surface area contributed by atoms with E-state index in [0.29, 0.717) is 6.54 Å². The van der Waals surface area contributed by atoms with E-state index in [4.69, 9.17) is 9.47 Å². The zero-order valence-electron chi connectivity index (χ0n) is 14.6. The number of carbonyl (C=O) groups is 1. The Morgan fingerprint density at radius 2 is 1.84 bits per heavy atom. The van der Waals surface area contributed by atoms with Gasteiger partial charge in [-0.2, -0.15) is 0 Å². The number of ether oxygens (including phenoxy) is 2. The minimum atomic E-state index is 0.0377. The van der Waals surface area contributed by atoms with Crippen LogP contribution in [0.5, 0.6) is 5.75 Å². The fourth-order valence-electron chi connectivity index (χ4n) is 3.62. The van der Waals surface area contributed by atoms with Gasteiger partial charge >= 0.3 is 0 Å². The Kier molecular flexibility index (Phi) is 5.05. The van der Waals surface area contributed by atoms with Gasteiger partial charge in [0.05, 0.1) is 18.9 Å². The number of fused-ring (bicyclic) bond motifs is 1. The summed E-state index contributed by atoms with van der Waals surface area (Å²) in [5.41, 5.74) is 2.06. The van der Waals surface area contributed by atoms with E-state index in [1.54, 1.807) is 0 Å². The number of nitrogens with one attached hydrogen (secondary N) is 1. The topological polar surface area (TPSA) is 57.3 Å². The first kappa shape index (κ1) is 16.6. The first-order valence-electron chi connectivity index (χ1n) is 9.14. The van der Waals surface area contributed by atoms with Crippen LogP contribution in [-0.4, -0.2) is 83.0 Å². The summed E-state index contributed by atoms with van der Waals surface area (Å²) in [6.07, 6.45) is 0. The smallest absolute Gasteiger partial charge is 0.265 e. The molecule has 2 fully saturated rings. The summed E-state index contributed by atoms with van der Waals surface area (Å²) in [4.78, 5) is 18.9. The van der Waals surface area contributed by atoms with Gasteiger partial charge < -0.3 is 24.6 Å². The largest absolute Gasteiger partial charge is 0.481 e. The van der Waals surface area contributed by atoms with E-state index in [9.17, 15) is 4.79 Å². The van der Waals surface area contributed by atoms with Crippen molar-refractivity contribution in [1.82, 2.24) is 10.2 Å². The highest BCUT2D eigenvalue weighted by atomic mass is 16.5. The summed E-state index contributed by atoms with van der Waals surface area (Å²) in [6.45, 7) is 9.13. The zero-order valence-corrected chi connectivity index (χ0v) is 14.6. The SMILES string of the molecule is O=C1COc2cc(N3CCNCC3)ccc2N1CCN1CCOCC1. The second kappa shape index (κ2) is 7.59. The fourth-order valence-corrected chi connectivity index (χ4v) is 3.62. The number of piperazine rings is 1. The van der Waals surface area contributed by atoms with Crippen LogP contribution in [0.15, 0.2) is 18.2 Å². The second-order valence-electron chi connectivity index (χ2n) is 6.68. The molecule has 3 heterocycles. The number of carbonyl (C=O) groups excluding carboxylic acids is 1. The Morgan fingerprint density at radius 1 is 1.04 bits per heavy atom. The summed E-state index contributed by atoms with van der Waals surface area (Å²) < 4.78 is 11.1. The van der Waals surface area contributed by atoms with Crippen LogP contribution < -0.4 is 19.9 Å². The van der Waals surface area contributed by atoms with Crippen LogP contribution in [0.25, 0.3) is 0 Å². The van der Waals surface area contributed by atoms with Crippen LogP contribution in [0.2, 0.25) is 0 Å². The van der Waals surface area contributed by atoms with Crippen LogP contribution in [0, 0.1) is 0 Å². The number of benzene rings is 1. The Hall–Kier alpha value is -1.83. The molecule has 2 saturated heterocycles. The van der Waals surface area contributed by atoms with Crippen molar-refractivity contribution in [2.45, 2.75) is 0 Å². The van der Waals surface area contributed by atoms with Crippen molar-refractivity contribution in [3.05, 3.63) is 18.2 Å². The second-order valence-corrected chi connectivity index (χ2v) is 6.68. The van der Waals surface area contributed by atoms with E-state index in [-0.39, 0.29) is 12.5 Å². The number of amides is 1. The maximum atomic E-state index is 12.4. The molecule has 0 atom stereocenters. The Morgan fingerprint density at radius 3 is 2.64 bits per heavy atom. The maximum absolute atomic E-state index is 12.4. The maximum Gasteiger partial charge on any atom is 0.265 e. The van der Waals surface area contributed by atoms with Crippen molar-refractivity contribution in [1.29, 1.82) is 0 Å². The molecule has 3 aliphatic heterocycles. The monoisotopic (exact) mass is 346 g/mol. The summed E-state index contributed by atoms with van der Waals surface area (Å²) in [5, 5.41) is 3.37. The third-order valence-electron chi connectivity index (χ3n) is 5.11. The van der Waals surface area contributed by atoms with Gasteiger partial charge in [0.15, 0.2) is 6.61 Å². The van der Waals surface area contributed by atoms with E-state index < -0.39 is 0 Å². The minimum absolute atomic E-state index is 0.0377. The molecular weight excluding hydrogens is 320 g/mol. The summed E-state index contributed by atoms with van der Waals surface area (Å²) >= 11 is 0. The van der Waals surface area contributed by atoms with Crippen LogP contribution in [0.3, 0.4) is 0 Å². The molecule has 0 radical (unpaired) electrons. The standard InChI is InChI=1S/C18H26N4O3/c23-18-14-25-17-13-15(21-5-3-19-4-6-21)1-2-16(17)22(18)8-7-20-9-11-24-12-10-20/h1-2,13,19H,3-12,14H2. The zero-order chi connectivity index (χ0) is 17.1. The molecule has 7 nitrogen and oxygen atoms in total. The Labute approximate surface area is 148 Å². The van der Waals surface area contributed by atoms with Gasteiger partial charge in [-0.3, -0.25) is 9.69 Å². The molecule has 4 rings (SSSR count). The lowest BCUT2D eigenvalue weighted by Crippen LogP contribution is -2.46. The molecule has 0 saturated carbocycles. The predicted molar refractivity (Wildman–Crippen MR) is 96.6 cm³/mol. The first-order valence-corrected chi connectivity index (χ1v) is 9.14. The van der Waals surface area contributed by atoms with Crippen LogP contribution in [-0.2, 0) is 9.53 Å². The van der Waals surface area contributed by atoms with Crippen molar-refractivity contribution in [2.24, 2.45) is 0 Å². The van der Waals surface area contributed by atoms with E-state index in [1.165, 1.54) is 5.69 Å². The lowest BCUT2D eigenvalue weighted by molar-refractivity contribution is -0.121. The summed E-state index contributed by atoms with van der Waals surface area (Å²) in [7, 11) is 0. The van der Waals surface area contributed by atoms with Crippen molar-refractivity contribution in [3.8, 4) is 5.75 Å². The van der Waals surface area contributed by atoms with Crippen LogP contribution in [0.1, 0.15) is 0 Å². The molecule has 0 spiro atoms. The molecule has 7 heteroatoms. The highest BCUT2D eigenvalue weighted by Gasteiger charge is 2.27. The lowest BCUT2D eigenvalue weighted by Gasteiger charge is -2.34. The van der Waals surface area contributed by atoms with E-state index >= 15 is 0 Å². The molecular formula is C18H26N4O3. The van der Waals surface area contributed by atoms with Gasteiger partial charge in [-0.25, -0.2) is 0 Å². The molecule has 0 aliphatic carbocycles. The van der Waals surface area contributed by atoms with Crippen LogP contribution >= 0.6 is 0 Å². The number of hydrogen-bond acceptors (Lipinski definition) is 6. The predicted octanol–water partition coefficient (Wildman–Crippen LogP) is 0.154. The molecule has 1 amide bonds. The average molecular weight is 346 g/mol. The molecule has 0 aromatic heterocycles. The molecule has 0 unspecified atom stereocenters. The molecule has 1 aromatic carbocycles. The van der Waals surface area contributed by atoms with Crippen molar-refractivity contribution in [3.63, 3.8) is 0 Å². The van der Waals surface area contributed by atoms with E-state index in [0.717, 1.165) is 70.5 Å². The van der Waals surface area contributed by atoms with Crippen molar-refractivity contribution in [2.75, 3.05) is 82.0 Å². The molecule has 3 aliphatic rings.